The van der Waals surface area contributed by atoms with Crippen LogP contribution in [0.1, 0.15) is 116 Å². The van der Waals surface area contributed by atoms with Gasteiger partial charge in [-0.25, -0.2) is 0 Å². The zero-order chi connectivity index (χ0) is 35.9. The minimum absolute atomic E-state index is 0.0712. The van der Waals surface area contributed by atoms with Gasteiger partial charge in [0.2, 0.25) is 0 Å². The summed E-state index contributed by atoms with van der Waals surface area (Å²) >= 11 is 0. The summed E-state index contributed by atoms with van der Waals surface area (Å²) in [6.07, 6.45) is 7.24. The molecule has 8 nitrogen and oxygen atoms in total. The third-order valence-corrected chi connectivity index (χ3v) is 9.09. The van der Waals surface area contributed by atoms with Gasteiger partial charge in [0.25, 0.3) is 0 Å². The highest BCUT2D eigenvalue weighted by molar-refractivity contribution is 5.74. The Morgan fingerprint density at radius 3 is 1.59 bits per heavy atom. The first-order valence-corrected chi connectivity index (χ1v) is 17.3. The zero-order valence-corrected chi connectivity index (χ0v) is 31.1. The molecule has 0 amide bonds. The molecule has 5 aromatic rings. The third-order valence-electron chi connectivity index (χ3n) is 9.09. The maximum absolute atomic E-state index is 12.0. The van der Waals surface area contributed by atoms with Crippen LogP contribution in [0.3, 0.4) is 0 Å². The number of aromatic hydroxyl groups is 2. The molecule has 0 aliphatic heterocycles. The van der Waals surface area contributed by atoms with Gasteiger partial charge in [-0.05, 0) is 82.7 Å². The maximum Gasteiger partial charge on any atom is 0.146 e. The van der Waals surface area contributed by atoms with Crippen LogP contribution in [0.4, 0.5) is 0 Å². The highest BCUT2D eigenvalue weighted by Crippen LogP contribution is 2.43. The molecule has 49 heavy (non-hydrogen) atoms. The van der Waals surface area contributed by atoms with Gasteiger partial charge in [0, 0.05) is 17.5 Å². The van der Waals surface area contributed by atoms with Crippen LogP contribution in [-0.4, -0.2) is 40.2 Å². The Labute approximate surface area is 291 Å². The fourth-order valence-electron chi connectivity index (χ4n) is 7.52. The van der Waals surface area contributed by atoms with E-state index >= 15 is 0 Å². The molecule has 2 heterocycles. The molecule has 2 aromatic heterocycles. The molecule has 3 aromatic carbocycles. The fraction of sp³-hybridized carbons (Fsp3) is 0.463. The van der Waals surface area contributed by atoms with Crippen LogP contribution in [-0.2, 0) is 23.7 Å². The Bertz CT molecular complexity index is 1930. The van der Waals surface area contributed by atoms with Gasteiger partial charge >= 0.3 is 0 Å². The van der Waals surface area contributed by atoms with Crippen LogP contribution in [0.15, 0.2) is 67.4 Å². The Kier molecular flexibility index (Phi) is 9.58. The largest absolute Gasteiger partial charge is 0.505 e. The van der Waals surface area contributed by atoms with E-state index in [1.54, 1.807) is 6.20 Å². The molecular weight excluding hydrogens is 608 g/mol. The standard InChI is InChI=1S/C41H54N6O2/c1-12-13-16-31-24-42-46(43-31)34-22-29(40(8,9)25-38(2,3)4)20-27(36(34)48)19-28-21-30(41(10,11)26-39(5,6)7)23-35(37(28)49)47-44-32-17-14-15-18-33(32)45-47/h12,14-15,17-18,20-24,48-49H,1,13,16,19,25-26H2,2-11H3. The van der Waals surface area contributed by atoms with E-state index in [0.29, 0.717) is 22.5 Å². The maximum atomic E-state index is 12.0. The van der Waals surface area contributed by atoms with E-state index in [-0.39, 0.29) is 39.6 Å². The van der Waals surface area contributed by atoms with Gasteiger partial charge in [-0.1, -0.05) is 99.6 Å². The molecule has 0 atom stereocenters. The summed E-state index contributed by atoms with van der Waals surface area (Å²) in [5.74, 6) is 0.171. The summed E-state index contributed by atoms with van der Waals surface area (Å²) < 4.78 is 0. The van der Waals surface area contributed by atoms with Crippen molar-refractivity contribution in [3.8, 4) is 22.9 Å². The lowest BCUT2D eigenvalue weighted by molar-refractivity contribution is 0.283. The fourth-order valence-corrected chi connectivity index (χ4v) is 7.52. The lowest BCUT2D eigenvalue weighted by Crippen LogP contribution is -2.25. The van der Waals surface area contributed by atoms with Crippen molar-refractivity contribution in [2.24, 2.45) is 10.8 Å². The molecule has 260 valence electrons. The van der Waals surface area contributed by atoms with Crippen LogP contribution in [0.5, 0.6) is 11.5 Å². The summed E-state index contributed by atoms with van der Waals surface area (Å²) in [6.45, 7) is 26.3. The number of hydrogen-bond donors (Lipinski definition) is 2. The Morgan fingerprint density at radius 2 is 1.14 bits per heavy atom. The lowest BCUT2D eigenvalue weighted by atomic mass is 9.71. The number of phenolic OH excluding ortho intramolecular Hbond substituents is 2. The lowest BCUT2D eigenvalue weighted by Gasteiger charge is -2.34. The van der Waals surface area contributed by atoms with Gasteiger partial charge in [-0.3, -0.25) is 0 Å². The summed E-state index contributed by atoms with van der Waals surface area (Å²) in [7, 11) is 0. The Morgan fingerprint density at radius 1 is 0.673 bits per heavy atom. The average Bonchev–Trinajstić information content (AvgIpc) is 3.62. The van der Waals surface area contributed by atoms with E-state index < -0.39 is 0 Å². The van der Waals surface area contributed by atoms with Gasteiger partial charge < -0.3 is 10.2 Å². The van der Waals surface area contributed by atoms with Crippen molar-refractivity contribution in [1.82, 2.24) is 30.0 Å². The molecule has 0 aliphatic rings. The van der Waals surface area contributed by atoms with E-state index in [1.165, 1.54) is 9.59 Å². The molecule has 0 saturated carbocycles. The molecule has 0 saturated heterocycles. The Hall–Kier alpha value is -4.46. The Balaban J connectivity index is 1.70. The number of fused-ring (bicyclic) bond motifs is 1. The first-order chi connectivity index (χ1) is 22.8. The number of phenols is 2. The normalized spacial score (nSPS) is 12.9. The summed E-state index contributed by atoms with van der Waals surface area (Å²) in [6, 6.07) is 15.9. The second kappa shape index (κ2) is 13.1. The molecule has 2 N–H and O–H groups in total. The van der Waals surface area contributed by atoms with Crippen molar-refractivity contribution < 1.29 is 10.2 Å². The number of rotatable bonds is 11. The van der Waals surface area contributed by atoms with Crippen LogP contribution in [0, 0.1) is 10.8 Å². The SMILES string of the molecule is C=CCCc1cnn(-c2cc(C(C)(C)CC(C)(C)C)cc(Cc3cc(C(C)(C)CC(C)(C)C)cc(-n4nc5ccccc5n4)c3O)c2O)n1. The van der Waals surface area contributed by atoms with Crippen LogP contribution in [0.25, 0.3) is 22.4 Å². The number of aromatic nitrogens is 6. The van der Waals surface area contributed by atoms with Crippen LogP contribution < -0.4 is 0 Å². The number of benzene rings is 3. The quantitative estimate of drug-likeness (QED) is 0.137. The summed E-state index contributed by atoms with van der Waals surface area (Å²) in [5.41, 5.74) is 6.54. The smallest absolute Gasteiger partial charge is 0.146 e. The van der Waals surface area contributed by atoms with Gasteiger partial charge in [-0.15, -0.1) is 26.4 Å². The molecule has 5 rings (SSSR count). The van der Waals surface area contributed by atoms with Crippen molar-refractivity contribution in [3.05, 3.63) is 95.3 Å². The van der Waals surface area contributed by atoms with Crippen molar-refractivity contribution in [3.63, 3.8) is 0 Å². The van der Waals surface area contributed by atoms with Gasteiger partial charge in [0.15, 0.2) is 0 Å². The molecule has 0 fully saturated rings. The number of nitrogens with zero attached hydrogens (tertiary/aromatic N) is 6. The number of hydrogen-bond acceptors (Lipinski definition) is 6. The van der Waals surface area contributed by atoms with Crippen LogP contribution >= 0.6 is 0 Å². The number of allylic oxidation sites excluding steroid dienone is 1. The van der Waals surface area contributed by atoms with Gasteiger partial charge in [0.05, 0.1) is 11.9 Å². The number of aryl methyl sites for hydroxylation is 1. The van der Waals surface area contributed by atoms with Crippen molar-refractivity contribution >= 4 is 11.0 Å². The van der Waals surface area contributed by atoms with E-state index in [1.807, 2.05) is 42.5 Å². The van der Waals surface area contributed by atoms with Crippen molar-refractivity contribution in [2.45, 2.75) is 112 Å². The topological polar surface area (TPSA) is 102 Å². The molecule has 0 aliphatic carbocycles. The predicted molar refractivity (Wildman–Crippen MR) is 199 cm³/mol. The summed E-state index contributed by atoms with van der Waals surface area (Å²) in [5, 5.41) is 42.7. The monoisotopic (exact) mass is 662 g/mol. The minimum Gasteiger partial charge on any atom is -0.505 e. The highest BCUT2D eigenvalue weighted by atomic mass is 16.3. The first kappa shape index (κ1) is 35.8. The van der Waals surface area contributed by atoms with E-state index in [0.717, 1.165) is 53.5 Å². The summed E-state index contributed by atoms with van der Waals surface area (Å²) in [4.78, 5) is 3.06. The van der Waals surface area contributed by atoms with Gasteiger partial charge in [-0.2, -0.15) is 10.2 Å². The second-order valence-corrected chi connectivity index (χ2v) is 17.4. The highest BCUT2D eigenvalue weighted by Gasteiger charge is 2.32. The van der Waals surface area contributed by atoms with Crippen molar-refractivity contribution in [1.29, 1.82) is 0 Å². The first-order valence-electron chi connectivity index (χ1n) is 17.3. The average molecular weight is 663 g/mol. The third kappa shape index (κ3) is 8.23. The second-order valence-electron chi connectivity index (χ2n) is 17.4. The predicted octanol–water partition coefficient (Wildman–Crippen LogP) is 9.55. The van der Waals surface area contributed by atoms with E-state index in [9.17, 15) is 10.2 Å². The molecule has 0 bridgehead atoms. The van der Waals surface area contributed by atoms with E-state index in [4.69, 9.17) is 15.3 Å². The zero-order valence-electron chi connectivity index (χ0n) is 31.1. The molecule has 8 heteroatoms. The molecule has 0 radical (unpaired) electrons. The van der Waals surface area contributed by atoms with Crippen molar-refractivity contribution in [2.75, 3.05) is 0 Å². The molecular formula is C41H54N6O2. The minimum atomic E-state index is -0.230. The van der Waals surface area contributed by atoms with Crippen LogP contribution in [0.2, 0.25) is 0 Å². The molecule has 0 spiro atoms. The van der Waals surface area contributed by atoms with Gasteiger partial charge in [0.1, 0.15) is 33.9 Å². The molecule has 0 unspecified atom stereocenters. The van der Waals surface area contributed by atoms with E-state index in [2.05, 4.69) is 93.0 Å².